The molecule has 24 heavy (non-hydrogen) atoms. The molecule has 2 amide bonds. The summed E-state index contributed by atoms with van der Waals surface area (Å²) in [6.07, 6.45) is 9.04. The molecule has 1 aromatic heterocycles. The predicted molar refractivity (Wildman–Crippen MR) is 94.0 cm³/mol. The van der Waals surface area contributed by atoms with Crippen LogP contribution in [0.4, 0.5) is 10.6 Å². The van der Waals surface area contributed by atoms with E-state index in [0.29, 0.717) is 19.1 Å². The fourth-order valence-corrected chi connectivity index (χ4v) is 3.23. The molecule has 2 aliphatic rings. The van der Waals surface area contributed by atoms with E-state index in [1.165, 1.54) is 25.7 Å². The van der Waals surface area contributed by atoms with Crippen LogP contribution >= 0.6 is 0 Å². The molecule has 0 aromatic carbocycles. The molecule has 0 unspecified atom stereocenters. The minimum Gasteiger partial charge on any atom is -0.395 e. The number of carbonyl (C=O) groups excluding carboxylic acids is 1. The van der Waals surface area contributed by atoms with Crippen molar-refractivity contribution in [3.63, 3.8) is 0 Å². The lowest BCUT2D eigenvalue weighted by molar-refractivity contribution is 0.173. The third-order valence-electron chi connectivity index (χ3n) is 4.77. The van der Waals surface area contributed by atoms with Gasteiger partial charge in [0.25, 0.3) is 0 Å². The maximum absolute atomic E-state index is 12.2. The quantitative estimate of drug-likeness (QED) is 0.837. The third kappa shape index (κ3) is 4.60. The van der Waals surface area contributed by atoms with Crippen molar-refractivity contribution in [3.8, 4) is 0 Å². The zero-order valence-electron chi connectivity index (χ0n) is 14.3. The standard InChI is InChI=1S/C18H28N4O2/c23-12-11-22(16-6-7-16)18(24)20-14-15-5-8-17(19-13-15)21-9-3-1-2-4-10-21/h5,8,13,16,23H,1-4,6-7,9-12,14H2,(H,20,24). The van der Waals surface area contributed by atoms with Gasteiger partial charge < -0.3 is 20.2 Å². The largest absolute Gasteiger partial charge is 0.395 e. The molecule has 1 saturated carbocycles. The zero-order chi connectivity index (χ0) is 16.8. The first-order valence-corrected chi connectivity index (χ1v) is 9.13. The Morgan fingerprint density at radius 3 is 2.58 bits per heavy atom. The second-order valence-electron chi connectivity index (χ2n) is 6.73. The zero-order valence-corrected chi connectivity index (χ0v) is 14.3. The Bertz CT molecular complexity index is 522. The molecule has 1 saturated heterocycles. The van der Waals surface area contributed by atoms with E-state index in [9.17, 15) is 4.79 Å². The first kappa shape index (κ1) is 17.0. The first-order valence-electron chi connectivity index (χ1n) is 9.13. The van der Waals surface area contributed by atoms with Crippen molar-refractivity contribution < 1.29 is 9.90 Å². The third-order valence-corrected chi connectivity index (χ3v) is 4.77. The van der Waals surface area contributed by atoms with Gasteiger partial charge in [-0.05, 0) is 37.3 Å². The molecule has 0 radical (unpaired) electrons. The number of urea groups is 1. The van der Waals surface area contributed by atoms with Gasteiger partial charge in [-0.3, -0.25) is 0 Å². The molecule has 3 rings (SSSR count). The minimum atomic E-state index is -0.0943. The Labute approximate surface area is 143 Å². The van der Waals surface area contributed by atoms with Gasteiger partial charge in [-0.25, -0.2) is 9.78 Å². The summed E-state index contributed by atoms with van der Waals surface area (Å²) in [5.74, 6) is 1.03. The molecule has 2 heterocycles. The van der Waals surface area contributed by atoms with E-state index < -0.39 is 0 Å². The number of amides is 2. The first-order chi connectivity index (χ1) is 11.8. The molecule has 0 atom stereocenters. The van der Waals surface area contributed by atoms with E-state index in [0.717, 1.165) is 37.3 Å². The second kappa shape index (κ2) is 8.33. The molecule has 6 heteroatoms. The summed E-state index contributed by atoms with van der Waals surface area (Å²) in [5, 5.41) is 12.0. The van der Waals surface area contributed by atoms with Crippen molar-refractivity contribution in [2.24, 2.45) is 0 Å². The highest BCUT2D eigenvalue weighted by molar-refractivity contribution is 5.74. The summed E-state index contributed by atoms with van der Waals surface area (Å²) in [7, 11) is 0. The summed E-state index contributed by atoms with van der Waals surface area (Å²) in [4.78, 5) is 20.9. The Hall–Kier alpha value is -1.82. The summed E-state index contributed by atoms with van der Waals surface area (Å²) >= 11 is 0. The van der Waals surface area contributed by atoms with Crippen molar-refractivity contribution in [1.29, 1.82) is 0 Å². The molecule has 132 valence electrons. The summed E-state index contributed by atoms with van der Waals surface area (Å²) in [5.41, 5.74) is 1.00. The highest BCUT2D eigenvalue weighted by Gasteiger charge is 2.31. The van der Waals surface area contributed by atoms with Gasteiger partial charge in [-0.15, -0.1) is 0 Å². The SMILES string of the molecule is O=C(NCc1ccc(N2CCCCCC2)nc1)N(CCO)C1CC1. The van der Waals surface area contributed by atoms with Crippen LogP contribution in [0.1, 0.15) is 44.1 Å². The van der Waals surface area contributed by atoms with Crippen molar-refractivity contribution >= 4 is 11.8 Å². The van der Waals surface area contributed by atoms with Crippen LogP contribution in [0.15, 0.2) is 18.3 Å². The number of rotatable bonds is 6. The van der Waals surface area contributed by atoms with Crippen LogP contribution in [0.3, 0.4) is 0 Å². The van der Waals surface area contributed by atoms with Crippen molar-refractivity contribution in [3.05, 3.63) is 23.9 Å². The van der Waals surface area contributed by atoms with Gasteiger partial charge in [0, 0.05) is 38.4 Å². The highest BCUT2D eigenvalue weighted by atomic mass is 16.3. The van der Waals surface area contributed by atoms with Gasteiger partial charge in [-0.2, -0.15) is 0 Å². The van der Waals surface area contributed by atoms with Crippen LogP contribution in [-0.4, -0.2) is 53.3 Å². The Balaban J connectivity index is 1.51. The van der Waals surface area contributed by atoms with Crippen molar-refractivity contribution in [2.45, 2.75) is 51.1 Å². The summed E-state index contributed by atoms with van der Waals surface area (Å²) < 4.78 is 0. The van der Waals surface area contributed by atoms with Crippen LogP contribution in [0.25, 0.3) is 0 Å². The molecule has 0 bridgehead atoms. The Morgan fingerprint density at radius 1 is 1.25 bits per heavy atom. The highest BCUT2D eigenvalue weighted by Crippen LogP contribution is 2.26. The number of hydrogen-bond acceptors (Lipinski definition) is 4. The molecule has 1 aromatic rings. The van der Waals surface area contributed by atoms with E-state index in [1.54, 1.807) is 4.90 Å². The number of aliphatic hydroxyl groups is 1. The average Bonchev–Trinajstić information content (AvgIpc) is 3.45. The van der Waals surface area contributed by atoms with Gasteiger partial charge in [-0.1, -0.05) is 18.9 Å². The lowest BCUT2D eigenvalue weighted by Gasteiger charge is -2.22. The predicted octanol–water partition coefficient (Wildman–Crippen LogP) is 2.13. The van der Waals surface area contributed by atoms with Crippen LogP contribution in [0.2, 0.25) is 0 Å². The van der Waals surface area contributed by atoms with Gasteiger partial charge in [0.05, 0.1) is 6.61 Å². The number of nitrogens with one attached hydrogen (secondary N) is 1. The number of anilines is 1. The number of aliphatic hydroxyl groups excluding tert-OH is 1. The average molecular weight is 332 g/mol. The van der Waals surface area contributed by atoms with E-state index >= 15 is 0 Å². The molecule has 1 aliphatic heterocycles. The minimum absolute atomic E-state index is 0.00993. The molecule has 1 aliphatic carbocycles. The second-order valence-corrected chi connectivity index (χ2v) is 6.73. The molecular weight excluding hydrogens is 304 g/mol. The van der Waals surface area contributed by atoms with Gasteiger partial charge in [0.2, 0.25) is 0 Å². The topological polar surface area (TPSA) is 68.7 Å². The Morgan fingerprint density at radius 2 is 2.00 bits per heavy atom. The molecular formula is C18H28N4O2. The van der Waals surface area contributed by atoms with Gasteiger partial charge in [0.15, 0.2) is 0 Å². The van der Waals surface area contributed by atoms with Crippen LogP contribution in [-0.2, 0) is 6.54 Å². The fourth-order valence-electron chi connectivity index (χ4n) is 3.23. The fraction of sp³-hybridized carbons (Fsp3) is 0.667. The number of hydrogen-bond donors (Lipinski definition) is 2. The van der Waals surface area contributed by atoms with E-state index in [-0.39, 0.29) is 12.6 Å². The van der Waals surface area contributed by atoms with Gasteiger partial charge >= 0.3 is 6.03 Å². The van der Waals surface area contributed by atoms with Crippen LogP contribution < -0.4 is 10.2 Å². The number of aromatic nitrogens is 1. The lowest BCUT2D eigenvalue weighted by atomic mass is 10.2. The number of carbonyl (C=O) groups is 1. The summed E-state index contributed by atoms with van der Waals surface area (Å²) in [6.45, 7) is 3.06. The normalized spacial score (nSPS) is 18.1. The maximum atomic E-state index is 12.2. The molecule has 6 nitrogen and oxygen atoms in total. The van der Waals surface area contributed by atoms with Gasteiger partial charge in [0.1, 0.15) is 5.82 Å². The van der Waals surface area contributed by atoms with Crippen molar-refractivity contribution in [1.82, 2.24) is 15.2 Å². The number of pyridine rings is 1. The lowest BCUT2D eigenvalue weighted by Crippen LogP contribution is -2.42. The number of nitrogens with zero attached hydrogens (tertiary/aromatic N) is 3. The Kier molecular flexibility index (Phi) is 5.91. The monoisotopic (exact) mass is 332 g/mol. The molecule has 2 N–H and O–H groups in total. The van der Waals surface area contributed by atoms with Crippen molar-refractivity contribution in [2.75, 3.05) is 31.1 Å². The van der Waals surface area contributed by atoms with E-state index in [4.69, 9.17) is 5.11 Å². The van der Waals surface area contributed by atoms with Crippen LogP contribution in [0.5, 0.6) is 0 Å². The smallest absolute Gasteiger partial charge is 0.317 e. The molecule has 2 fully saturated rings. The molecule has 0 spiro atoms. The maximum Gasteiger partial charge on any atom is 0.317 e. The van der Waals surface area contributed by atoms with E-state index in [1.807, 2.05) is 12.3 Å². The van der Waals surface area contributed by atoms with Crippen LogP contribution in [0, 0.1) is 0 Å². The van der Waals surface area contributed by atoms with E-state index in [2.05, 4.69) is 21.3 Å². The summed E-state index contributed by atoms with van der Waals surface area (Å²) in [6, 6.07) is 4.31.